The Kier molecular flexibility index (Phi) is 3.43. The second kappa shape index (κ2) is 5.05. The van der Waals surface area contributed by atoms with Crippen LogP contribution < -0.4 is 5.32 Å². The lowest BCUT2D eigenvalue weighted by atomic mass is 10.0. The number of aliphatic hydroxyl groups is 1. The van der Waals surface area contributed by atoms with Gasteiger partial charge >= 0.3 is 6.09 Å². The molecule has 5 heteroatoms. The van der Waals surface area contributed by atoms with Crippen LogP contribution in [-0.4, -0.2) is 53.5 Å². The normalized spacial score (nSPS) is 39.7. The summed E-state index contributed by atoms with van der Waals surface area (Å²) in [6.45, 7) is 1.80. The highest BCUT2D eigenvalue weighted by molar-refractivity contribution is 5.69. The van der Waals surface area contributed by atoms with E-state index < -0.39 is 0 Å². The van der Waals surface area contributed by atoms with Gasteiger partial charge in [-0.15, -0.1) is 0 Å². The van der Waals surface area contributed by atoms with Crippen molar-refractivity contribution >= 4 is 6.09 Å². The third-order valence-electron chi connectivity index (χ3n) is 4.44. The molecule has 0 aliphatic carbocycles. The number of aliphatic hydroxyl groups excluding tert-OH is 1. The summed E-state index contributed by atoms with van der Waals surface area (Å²) in [5, 5.41) is 13.0. The first-order chi connectivity index (χ1) is 8.74. The number of hydrogen-bond acceptors (Lipinski definition) is 4. The molecule has 0 radical (unpaired) electrons. The summed E-state index contributed by atoms with van der Waals surface area (Å²) in [5.74, 6) is 0. The molecule has 3 unspecified atom stereocenters. The largest absolute Gasteiger partial charge is 0.445 e. The topological polar surface area (TPSA) is 61.8 Å². The van der Waals surface area contributed by atoms with E-state index in [9.17, 15) is 9.90 Å². The standard InChI is InChI=1S/C13H22N2O3/c16-11-6-9-3-4-10(7-11)15(9)13(17)18-12-2-1-5-14-8-12/h9-12,14,16H,1-8H2. The zero-order chi connectivity index (χ0) is 12.5. The molecule has 3 fully saturated rings. The molecule has 3 aliphatic rings. The van der Waals surface area contributed by atoms with Gasteiger partial charge in [-0.05, 0) is 45.1 Å². The molecule has 1 amide bonds. The molecular weight excluding hydrogens is 232 g/mol. The maximum Gasteiger partial charge on any atom is 0.410 e. The minimum absolute atomic E-state index is 0.0255. The number of carbonyl (C=O) groups is 1. The van der Waals surface area contributed by atoms with Gasteiger partial charge in [0, 0.05) is 18.6 Å². The Labute approximate surface area is 107 Å². The van der Waals surface area contributed by atoms with E-state index in [1.54, 1.807) is 0 Å². The van der Waals surface area contributed by atoms with Crippen molar-refractivity contribution in [1.29, 1.82) is 0 Å². The molecule has 0 saturated carbocycles. The summed E-state index contributed by atoms with van der Waals surface area (Å²) in [6.07, 6.45) is 5.12. The van der Waals surface area contributed by atoms with E-state index in [0.717, 1.165) is 38.8 Å². The first kappa shape index (κ1) is 12.2. The fourth-order valence-corrected chi connectivity index (χ4v) is 3.57. The SMILES string of the molecule is O=C(OC1CCCNC1)N1C2CCC1CC(O)C2. The first-order valence-electron chi connectivity index (χ1n) is 7.12. The first-order valence-corrected chi connectivity index (χ1v) is 7.12. The van der Waals surface area contributed by atoms with Gasteiger partial charge < -0.3 is 20.1 Å². The zero-order valence-electron chi connectivity index (χ0n) is 10.7. The smallest absolute Gasteiger partial charge is 0.410 e. The molecule has 3 rings (SSSR count). The summed E-state index contributed by atoms with van der Waals surface area (Å²) in [7, 11) is 0. The number of hydrogen-bond donors (Lipinski definition) is 2. The van der Waals surface area contributed by atoms with Crippen LogP contribution in [0.25, 0.3) is 0 Å². The second-order valence-corrected chi connectivity index (χ2v) is 5.77. The highest BCUT2D eigenvalue weighted by Gasteiger charge is 2.44. The Bertz CT molecular complexity index is 303. The monoisotopic (exact) mass is 254 g/mol. The van der Waals surface area contributed by atoms with E-state index in [4.69, 9.17) is 4.74 Å². The number of nitrogens with zero attached hydrogens (tertiary/aromatic N) is 1. The molecule has 2 bridgehead atoms. The van der Waals surface area contributed by atoms with Gasteiger partial charge in [-0.25, -0.2) is 4.79 Å². The molecule has 0 spiro atoms. The van der Waals surface area contributed by atoms with E-state index >= 15 is 0 Å². The van der Waals surface area contributed by atoms with Crippen molar-refractivity contribution in [2.45, 2.75) is 62.8 Å². The molecule has 0 aromatic rings. The average molecular weight is 254 g/mol. The van der Waals surface area contributed by atoms with Crippen LogP contribution >= 0.6 is 0 Å². The van der Waals surface area contributed by atoms with Gasteiger partial charge in [0.1, 0.15) is 6.10 Å². The molecule has 3 atom stereocenters. The molecule has 102 valence electrons. The summed E-state index contributed by atoms with van der Waals surface area (Å²) >= 11 is 0. The van der Waals surface area contributed by atoms with E-state index in [1.807, 2.05) is 4.90 Å². The van der Waals surface area contributed by atoms with Crippen molar-refractivity contribution in [3.05, 3.63) is 0 Å². The fourth-order valence-electron chi connectivity index (χ4n) is 3.57. The van der Waals surface area contributed by atoms with Crippen LogP contribution in [0.15, 0.2) is 0 Å². The van der Waals surface area contributed by atoms with Gasteiger partial charge in [-0.2, -0.15) is 0 Å². The Morgan fingerprint density at radius 3 is 2.56 bits per heavy atom. The van der Waals surface area contributed by atoms with Crippen LogP contribution in [0, 0.1) is 0 Å². The Morgan fingerprint density at radius 2 is 1.94 bits per heavy atom. The number of piperidine rings is 2. The van der Waals surface area contributed by atoms with Crippen molar-refractivity contribution in [3.8, 4) is 0 Å². The summed E-state index contributed by atoms with van der Waals surface area (Å²) in [6, 6.07) is 0.394. The number of carbonyl (C=O) groups excluding carboxylic acids is 1. The third-order valence-corrected chi connectivity index (χ3v) is 4.44. The number of amides is 1. The Morgan fingerprint density at radius 1 is 1.22 bits per heavy atom. The van der Waals surface area contributed by atoms with Gasteiger partial charge in [-0.3, -0.25) is 0 Å². The molecule has 5 nitrogen and oxygen atoms in total. The van der Waals surface area contributed by atoms with Gasteiger partial charge in [-0.1, -0.05) is 0 Å². The number of rotatable bonds is 1. The van der Waals surface area contributed by atoms with Crippen LogP contribution in [0.3, 0.4) is 0 Å². The third kappa shape index (κ3) is 2.34. The van der Waals surface area contributed by atoms with Gasteiger partial charge in [0.2, 0.25) is 0 Å². The Balaban J connectivity index is 1.59. The molecule has 3 aliphatic heterocycles. The fraction of sp³-hybridized carbons (Fsp3) is 0.923. The highest BCUT2D eigenvalue weighted by Crippen LogP contribution is 2.36. The van der Waals surface area contributed by atoms with E-state index in [1.165, 1.54) is 0 Å². The van der Waals surface area contributed by atoms with Crippen LogP contribution in [0.4, 0.5) is 4.79 Å². The lowest BCUT2D eigenvalue weighted by Gasteiger charge is -2.37. The summed E-state index contributed by atoms with van der Waals surface area (Å²) in [5.41, 5.74) is 0. The molecule has 3 heterocycles. The van der Waals surface area contributed by atoms with E-state index in [-0.39, 0.29) is 30.4 Å². The lowest BCUT2D eigenvalue weighted by Crippen LogP contribution is -2.50. The second-order valence-electron chi connectivity index (χ2n) is 5.77. The predicted molar refractivity (Wildman–Crippen MR) is 66.3 cm³/mol. The molecule has 2 N–H and O–H groups in total. The molecular formula is C13H22N2O3. The van der Waals surface area contributed by atoms with Crippen LogP contribution in [0.5, 0.6) is 0 Å². The summed E-state index contributed by atoms with van der Waals surface area (Å²) in [4.78, 5) is 14.1. The molecule has 0 aromatic carbocycles. The lowest BCUT2D eigenvalue weighted by molar-refractivity contribution is 0.00451. The van der Waals surface area contributed by atoms with Crippen molar-refractivity contribution in [2.75, 3.05) is 13.1 Å². The molecule has 18 heavy (non-hydrogen) atoms. The zero-order valence-corrected chi connectivity index (χ0v) is 10.7. The van der Waals surface area contributed by atoms with E-state index in [2.05, 4.69) is 5.32 Å². The predicted octanol–water partition coefficient (Wildman–Crippen LogP) is 0.863. The number of nitrogens with one attached hydrogen (secondary N) is 1. The Hall–Kier alpha value is -0.810. The van der Waals surface area contributed by atoms with Gasteiger partial charge in [0.15, 0.2) is 0 Å². The van der Waals surface area contributed by atoms with Crippen molar-refractivity contribution in [2.24, 2.45) is 0 Å². The van der Waals surface area contributed by atoms with Gasteiger partial charge in [0.05, 0.1) is 6.10 Å². The van der Waals surface area contributed by atoms with Crippen molar-refractivity contribution in [3.63, 3.8) is 0 Å². The van der Waals surface area contributed by atoms with Crippen LogP contribution in [0.2, 0.25) is 0 Å². The quantitative estimate of drug-likeness (QED) is 0.728. The van der Waals surface area contributed by atoms with Crippen LogP contribution in [0.1, 0.15) is 38.5 Å². The maximum atomic E-state index is 12.2. The molecule has 0 aromatic heterocycles. The minimum atomic E-state index is -0.233. The summed E-state index contributed by atoms with van der Waals surface area (Å²) < 4.78 is 5.59. The van der Waals surface area contributed by atoms with E-state index in [0.29, 0.717) is 12.8 Å². The maximum absolute atomic E-state index is 12.2. The van der Waals surface area contributed by atoms with Gasteiger partial charge in [0.25, 0.3) is 0 Å². The minimum Gasteiger partial charge on any atom is -0.445 e. The van der Waals surface area contributed by atoms with Crippen LogP contribution in [-0.2, 0) is 4.74 Å². The number of ether oxygens (including phenoxy) is 1. The average Bonchev–Trinajstić information content (AvgIpc) is 2.63. The molecule has 3 saturated heterocycles. The number of fused-ring (bicyclic) bond motifs is 2. The van der Waals surface area contributed by atoms with Crippen molar-refractivity contribution < 1.29 is 14.6 Å². The van der Waals surface area contributed by atoms with Crippen molar-refractivity contribution in [1.82, 2.24) is 10.2 Å². The highest BCUT2D eigenvalue weighted by atomic mass is 16.6.